The topological polar surface area (TPSA) is 6.48 Å². The van der Waals surface area contributed by atoms with Crippen molar-refractivity contribution in [3.8, 4) is 22.3 Å². The molecule has 0 spiro atoms. The van der Waals surface area contributed by atoms with E-state index in [9.17, 15) is 0 Å². The highest BCUT2D eigenvalue weighted by molar-refractivity contribution is 6.77. The molecule has 0 saturated heterocycles. The summed E-state index contributed by atoms with van der Waals surface area (Å²) in [7, 11) is -3.69. The van der Waals surface area contributed by atoms with Crippen molar-refractivity contribution < 1.29 is 0 Å². The molecule has 2 fully saturated rings. The lowest BCUT2D eigenvalue weighted by atomic mass is 9.68. The summed E-state index contributed by atoms with van der Waals surface area (Å²) in [4.78, 5) is 0. The van der Waals surface area contributed by atoms with Crippen LogP contribution in [0.3, 0.4) is 0 Å². The van der Waals surface area contributed by atoms with Crippen LogP contribution in [0.25, 0.3) is 33.4 Å². The number of fused-ring (bicyclic) bond motifs is 8. The Balaban J connectivity index is 0.000000219. The fraction of sp³-hybridized carbons (Fsp3) is 0.640. The molecule has 4 heteroatoms. The van der Waals surface area contributed by atoms with Crippen molar-refractivity contribution in [1.29, 1.82) is 0 Å². The predicted octanol–water partition coefficient (Wildman–Crippen LogP) is 26.5. The van der Waals surface area contributed by atoms with Gasteiger partial charge in [-0.1, -0.05) is 257 Å². The third-order valence-electron chi connectivity index (χ3n) is 24.2. The van der Waals surface area contributed by atoms with Gasteiger partial charge in [-0.2, -0.15) is 0 Å². The van der Waals surface area contributed by atoms with E-state index in [0.717, 1.165) is 17.0 Å². The van der Waals surface area contributed by atoms with Gasteiger partial charge in [0.25, 0.3) is 0 Å². The van der Waals surface area contributed by atoms with Gasteiger partial charge < -0.3 is 9.13 Å². The molecule has 4 aromatic carbocycles. The van der Waals surface area contributed by atoms with Crippen molar-refractivity contribution in [2.75, 3.05) is 0 Å². The highest BCUT2D eigenvalue weighted by Crippen LogP contribution is 2.65. The summed E-state index contributed by atoms with van der Waals surface area (Å²) in [5.74, 6) is 3.36. The van der Waals surface area contributed by atoms with Crippen LogP contribution in [0.1, 0.15) is 289 Å². The molecule has 0 aromatic heterocycles. The number of nitrogens with zero attached hydrogens (tertiary/aromatic N) is 2. The summed E-state index contributed by atoms with van der Waals surface area (Å²) in [6, 6.07) is 34.0. The lowest BCUT2D eigenvalue weighted by Gasteiger charge is -2.57. The van der Waals surface area contributed by atoms with Gasteiger partial charge in [-0.15, -0.1) is 0 Å². The zero-order chi connectivity index (χ0) is 68.6. The Hall–Kier alpha value is -3.81. The summed E-state index contributed by atoms with van der Waals surface area (Å²) >= 11 is 0. The van der Waals surface area contributed by atoms with Crippen LogP contribution in [0.2, 0.25) is 37.3 Å². The van der Waals surface area contributed by atoms with Crippen molar-refractivity contribution in [1.82, 2.24) is 9.13 Å². The molecule has 7 unspecified atom stereocenters. The zero-order valence-corrected chi connectivity index (χ0v) is 66.9. The van der Waals surface area contributed by atoms with E-state index in [2.05, 4.69) is 304 Å². The molecular weight excluding hydrogens is 1150 g/mol. The fourth-order valence-corrected chi connectivity index (χ4v) is 34.6. The minimum absolute atomic E-state index is 0.120. The molecule has 0 N–H and O–H groups in total. The molecule has 6 aliphatic carbocycles. The normalized spacial score (nSPS) is 23.5. The smallest absolute Gasteiger partial charge is 0.127 e. The van der Waals surface area contributed by atoms with Gasteiger partial charge in [0.15, 0.2) is 0 Å². The molecule has 0 amide bonds. The molecular formula is C89H136N2Si2. The second-order valence-electron chi connectivity index (χ2n) is 38.1. The Morgan fingerprint density at radius 3 is 1.11 bits per heavy atom. The minimum atomic E-state index is -1.87. The van der Waals surface area contributed by atoms with Crippen LogP contribution in [0.4, 0.5) is 0 Å². The molecule has 510 valence electrons. The summed E-state index contributed by atoms with van der Waals surface area (Å²) in [5.41, 5.74) is 23.9. The average Bonchev–Trinajstić information content (AvgIpc) is 1.55. The first kappa shape index (κ1) is 73.4. The first-order valence-corrected chi connectivity index (χ1v) is 44.2. The summed E-state index contributed by atoms with van der Waals surface area (Å²) < 4.78 is 5.98. The molecule has 0 radical (unpaired) electrons. The molecule has 4 aromatic rings. The van der Waals surface area contributed by atoms with Crippen LogP contribution < -0.4 is 0 Å². The van der Waals surface area contributed by atoms with Crippen LogP contribution in [-0.4, -0.2) is 47.8 Å². The molecule has 2 saturated carbocycles. The number of hydrogen-bond acceptors (Lipinski definition) is 2. The second-order valence-corrected chi connectivity index (χ2v) is 47.1. The van der Waals surface area contributed by atoms with Gasteiger partial charge in [0.1, 0.15) is 16.5 Å². The number of rotatable bonds is 18. The van der Waals surface area contributed by atoms with Crippen molar-refractivity contribution in [2.24, 2.45) is 29.6 Å². The maximum atomic E-state index is 3.00. The Labute approximate surface area is 575 Å². The molecule has 0 aliphatic heterocycles. The third-order valence-corrected chi connectivity index (χ3v) is 34.3. The number of hydrogen-bond donors (Lipinski definition) is 0. The van der Waals surface area contributed by atoms with Crippen molar-refractivity contribution in [3.05, 3.63) is 154 Å². The van der Waals surface area contributed by atoms with Gasteiger partial charge in [0, 0.05) is 33.0 Å². The van der Waals surface area contributed by atoms with E-state index in [-0.39, 0.29) is 43.8 Å². The third kappa shape index (κ3) is 14.1. The minimum Gasteiger partial charge on any atom is -0.314 e. The van der Waals surface area contributed by atoms with Crippen LogP contribution in [0, 0.1) is 29.6 Å². The van der Waals surface area contributed by atoms with Gasteiger partial charge in [0.2, 0.25) is 0 Å². The van der Waals surface area contributed by atoms with E-state index >= 15 is 0 Å². The van der Waals surface area contributed by atoms with Gasteiger partial charge >= 0.3 is 0 Å². The Morgan fingerprint density at radius 2 is 0.753 bits per heavy atom. The fourth-order valence-electron chi connectivity index (χ4n) is 22.1. The van der Waals surface area contributed by atoms with E-state index in [4.69, 9.17) is 0 Å². The summed E-state index contributed by atoms with van der Waals surface area (Å²) in [6.07, 6.45) is 30.7. The monoisotopic (exact) mass is 1290 g/mol. The van der Waals surface area contributed by atoms with Crippen LogP contribution in [0.5, 0.6) is 0 Å². The van der Waals surface area contributed by atoms with E-state index in [1.165, 1.54) is 141 Å². The van der Waals surface area contributed by atoms with Gasteiger partial charge in [-0.25, -0.2) is 0 Å². The maximum Gasteiger partial charge on any atom is 0.127 e. The summed E-state index contributed by atoms with van der Waals surface area (Å²) in [6.45, 7) is 66.3. The first-order valence-electron chi connectivity index (χ1n) is 38.1. The van der Waals surface area contributed by atoms with E-state index in [0.29, 0.717) is 23.7 Å². The zero-order valence-electron chi connectivity index (χ0n) is 64.9. The SMILES string of the molecule is CCCCC1(CCCC)C2=CC3C(C=C2c2ccc(-c4ccc(C(C)(C)C)cc4)cc21)CC(C)C3[Si](C)(C)N(C(C)(C)C)C(C)(C)C.CCCCC1(CCCC)C2=CC3C(C=C2c2ccc(-c4ccc(C(C)(C)C)cc4)cc21)CCC3[Si](C)(C)N(C(C)(C)C)C(C)(C)C. The Bertz CT molecular complexity index is 3340. The Kier molecular flexibility index (Phi) is 21.2. The standard InChI is InChI=1S/C45H69NSi.C44H67NSi/c1-15-17-25-45(26-18-16-2)39-29-33(32-19-22-35(23-20-32)42(4,5)6)21-24-36(39)38-28-34-27-31(3)41(37(34)30-40(38)45)47(13,14)46(43(7,8)9)44(10,11)12;1-14-16-26-44(27-17-15-2)38-29-32(31-18-22-34(23-19-31)41(3,4)5)20-24-35(38)37-28-33-21-25-40(36(33)30-39(37)44)46(12,13)45(42(6,7)8)43(9,10)11/h19-24,28-31,34,37,41H,15-18,25-27H2,1-14H3;18-20,22-24,28-30,33,36,40H,14-17,21,25-27H2,1-13H3. The maximum absolute atomic E-state index is 3.00. The molecule has 10 rings (SSSR count). The number of unbranched alkanes of at least 4 members (excludes halogenated alkanes) is 4. The van der Waals surface area contributed by atoms with E-state index in [1.54, 1.807) is 33.4 Å². The highest BCUT2D eigenvalue weighted by Gasteiger charge is 2.59. The quantitative estimate of drug-likeness (QED) is 0.0916. The second kappa shape index (κ2) is 26.8. The van der Waals surface area contributed by atoms with Crippen LogP contribution in [-0.2, 0) is 21.7 Å². The average molecular weight is 1290 g/mol. The van der Waals surface area contributed by atoms with Crippen molar-refractivity contribution >= 4 is 27.6 Å². The molecule has 0 bridgehead atoms. The highest BCUT2D eigenvalue weighted by atomic mass is 28.3. The molecule has 93 heavy (non-hydrogen) atoms. The largest absolute Gasteiger partial charge is 0.314 e. The summed E-state index contributed by atoms with van der Waals surface area (Å²) in [5, 5.41) is 0. The molecule has 7 atom stereocenters. The van der Waals surface area contributed by atoms with Gasteiger partial charge in [-0.05, 0) is 263 Å². The lowest BCUT2D eigenvalue weighted by Crippen LogP contribution is -2.67. The van der Waals surface area contributed by atoms with Crippen LogP contribution in [0.15, 0.2) is 120 Å². The van der Waals surface area contributed by atoms with Crippen molar-refractivity contribution in [3.63, 3.8) is 0 Å². The number of benzene rings is 4. The predicted molar refractivity (Wildman–Crippen MR) is 417 cm³/mol. The van der Waals surface area contributed by atoms with E-state index in [1.807, 2.05) is 0 Å². The van der Waals surface area contributed by atoms with E-state index < -0.39 is 16.5 Å². The van der Waals surface area contributed by atoms with Crippen LogP contribution >= 0.6 is 0 Å². The van der Waals surface area contributed by atoms with Crippen molar-refractivity contribution in [2.45, 2.75) is 337 Å². The van der Waals surface area contributed by atoms with Gasteiger partial charge in [0.05, 0.1) is 0 Å². The Morgan fingerprint density at radius 1 is 0.409 bits per heavy atom. The van der Waals surface area contributed by atoms with Gasteiger partial charge in [-0.3, -0.25) is 0 Å². The molecule has 0 heterocycles. The number of allylic oxidation sites excluding steroid dienone is 8. The molecule has 6 aliphatic rings. The lowest BCUT2D eigenvalue weighted by molar-refractivity contribution is 0.121. The first-order chi connectivity index (χ1) is 43.1. The molecule has 2 nitrogen and oxygen atoms in total.